The van der Waals surface area contributed by atoms with Crippen molar-refractivity contribution in [1.82, 2.24) is 10.2 Å². The van der Waals surface area contributed by atoms with Gasteiger partial charge in [0.15, 0.2) is 16.4 Å². The number of nitrogens with one attached hydrogen (secondary N) is 1. The largest absolute Gasteiger partial charge is 0.483 e. The molecule has 10 nitrogen and oxygen atoms in total. The number of sulfone groups is 1. The van der Waals surface area contributed by atoms with Crippen LogP contribution in [0.2, 0.25) is 0 Å². The third-order valence-corrected chi connectivity index (χ3v) is 6.70. The second kappa shape index (κ2) is 10.6. The van der Waals surface area contributed by atoms with Crippen LogP contribution < -0.4 is 10.1 Å². The van der Waals surface area contributed by atoms with Gasteiger partial charge in [0, 0.05) is 42.6 Å². The first kappa shape index (κ1) is 25.2. The molecule has 1 fully saturated rings. The lowest BCUT2D eigenvalue weighted by Gasteiger charge is -2.22. The van der Waals surface area contributed by atoms with Gasteiger partial charge >= 0.3 is 0 Å². The molecule has 3 rings (SSSR count). The van der Waals surface area contributed by atoms with Crippen molar-refractivity contribution in [1.29, 1.82) is 0 Å². The van der Waals surface area contributed by atoms with E-state index in [1.807, 2.05) is 6.92 Å². The van der Waals surface area contributed by atoms with Crippen molar-refractivity contribution in [2.75, 3.05) is 26.0 Å². The number of amides is 2. The van der Waals surface area contributed by atoms with Gasteiger partial charge in [0.25, 0.3) is 17.5 Å². The molecular weight excluding hydrogens is 462 g/mol. The molecule has 0 aliphatic carbocycles. The van der Waals surface area contributed by atoms with Crippen LogP contribution in [0.3, 0.4) is 0 Å². The summed E-state index contributed by atoms with van der Waals surface area (Å²) in [7, 11) is -3.77. The minimum absolute atomic E-state index is 0.103. The van der Waals surface area contributed by atoms with Gasteiger partial charge in [-0.3, -0.25) is 19.7 Å². The molecule has 0 aromatic heterocycles. The smallest absolute Gasteiger partial charge is 0.271 e. The molecule has 2 aromatic rings. The SMILES string of the molecule is CCC(NC(=O)c1cc([N+](=O)[O-])cc(S(C)(=O)=O)c1)c1ccccc1OCC(=O)N1CCCC1. The van der Waals surface area contributed by atoms with Gasteiger partial charge in [0.1, 0.15) is 5.75 Å². The molecule has 1 atom stereocenters. The molecule has 182 valence electrons. The highest BCUT2D eigenvalue weighted by Crippen LogP contribution is 2.28. The lowest BCUT2D eigenvalue weighted by Crippen LogP contribution is -2.32. The summed E-state index contributed by atoms with van der Waals surface area (Å²) in [6.07, 6.45) is 3.33. The van der Waals surface area contributed by atoms with E-state index < -0.39 is 32.4 Å². The molecule has 34 heavy (non-hydrogen) atoms. The van der Waals surface area contributed by atoms with Gasteiger partial charge in [-0.25, -0.2) is 8.42 Å². The molecule has 2 amide bonds. The minimum atomic E-state index is -3.77. The van der Waals surface area contributed by atoms with Gasteiger partial charge in [-0.05, 0) is 31.4 Å². The van der Waals surface area contributed by atoms with Crippen LogP contribution in [0.25, 0.3) is 0 Å². The summed E-state index contributed by atoms with van der Waals surface area (Å²) in [4.78, 5) is 37.3. The zero-order valence-corrected chi connectivity index (χ0v) is 19.8. The fourth-order valence-electron chi connectivity index (χ4n) is 3.77. The van der Waals surface area contributed by atoms with Crippen molar-refractivity contribution < 1.29 is 27.7 Å². The Morgan fingerprint density at radius 3 is 2.47 bits per heavy atom. The number of likely N-dealkylation sites (tertiary alicyclic amines) is 1. The van der Waals surface area contributed by atoms with Crippen LogP contribution in [0.5, 0.6) is 5.75 Å². The first-order chi connectivity index (χ1) is 16.1. The quantitative estimate of drug-likeness (QED) is 0.422. The summed E-state index contributed by atoms with van der Waals surface area (Å²) in [5, 5.41) is 14.0. The Kier molecular flexibility index (Phi) is 7.87. The summed E-state index contributed by atoms with van der Waals surface area (Å²) < 4.78 is 29.7. The fraction of sp³-hybridized carbons (Fsp3) is 0.391. The number of ether oxygens (including phenoxy) is 1. The number of benzene rings is 2. The van der Waals surface area contributed by atoms with E-state index in [1.54, 1.807) is 29.2 Å². The lowest BCUT2D eigenvalue weighted by atomic mass is 10.0. The molecular formula is C23H27N3O7S. The number of carbonyl (C=O) groups excluding carboxylic acids is 2. The maximum atomic E-state index is 13.0. The molecule has 1 aliphatic rings. The van der Waals surface area contributed by atoms with E-state index in [0.717, 1.165) is 50.4 Å². The number of nitro benzene ring substituents is 1. The first-order valence-electron chi connectivity index (χ1n) is 10.9. The second-order valence-electron chi connectivity index (χ2n) is 8.09. The van der Waals surface area contributed by atoms with Crippen molar-refractivity contribution in [3.63, 3.8) is 0 Å². The number of hydrogen-bond acceptors (Lipinski definition) is 7. The van der Waals surface area contributed by atoms with Gasteiger partial charge in [0.05, 0.1) is 15.9 Å². The zero-order valence-electron chi connectivity index (χ0n) is 19.0. The average molecular weight is 490 g/mol. The highest BCUT2D eigenvalue weighted by molar-refractivity contribution is 7.90. The van der Waals surface area contributed by atoms with E-state index >= 15 is 0 Å². The molecule has 2 aromatic carbocycles. The van der Waals surface area contributed by atoms with Crippen molar-refractivity contribution in [3.05, 3.63) is 63.7 Å². The first-order valence-corrected chi connectivity index (χ1v) is 12.8. The Hall–Kier alpha value is -3.47. The zero-order chi connectivity index (χ0) is 24.9. The average Bonchev–Trinajstić information content (AvgIpc) is 3.35. The molecule has 0 saturated carbocycles. The van der Waals surface area contributed by atoms with Gasteiger partial charge in [0.2, 0.25) is 0 Å². The van der Waals surface area contributed by atoms with E-state index in [1.165, 1.54) is 0 Å². The van der Waals surface area contributed by atoms with Crippen LogP contribution in [0.1, 0.15) is 48.1 Å². The Bertz CT molecular complexity index is 1190. The van der Waals surface area contributed by atoms with Crippen molar-refractivity contribution in [3.8, 4) is 5.75 Å². The number of nitrogens with zero attached hydrogens (tertiary/aromatic N) is 2. The van der Waals surface area contributed by atoms with Crippen LogP contribution in [-0.4, -0.2) is 56.0 Å². The normalized spacial score (nSPS) is 14.5. The Morgan fingerprint density at radius 2 is 1.85 bits per heavy atom. The molecule has 1 saturated heterocycles. The second-order valence-corrected chi connectivity index (χ2v) is 10.1. The molecule has 0 spiro atoms. The maximum absolute atomic E-state index is 13.0. The summed E-state index contributed by atoms with van der Waals surface area (Å²) >= 11 is 0. The van der Waals surface area contributed by atoms with Crippen LogP contribution >= 0.6 is 0 Å². The Balaban J connectivity index is 1.81. The molecule has 11 heteroatoms. The van der Waals surface area contributed by atoms with E-state index in [2.05, 4.69) is 5.32 Å². The summed E-state index contributed by atoms with van der Waals surface area (Å²) in [5.74, 6) is -0.323. The molecule has 0 radical (unpaired) electrons. The van der Waals surface area contributed by atoms with Gasteiger partial charge in [-0.1, -0.05) is 25.1 Å². The molecule has 1 aliphatic heterocycles. The number of hydrogen-bond donors (Lipinski definition) is 1. The molecule has 1 heterocycles. The summed E-state index contributed by atoms with van der Waals surface area (Å²) in [6, 6.07) is 9.53. The number of non-ortho nitro benzene ring substituents is 1. The minimum Gasteiger partial charge on any atom is -0.483 e. The number of nitro groups is 1. The predicted octanol–water partition coefficient (Wildman–Crippen LogP) is 2.88. The third kappa shape index (κ3) is 6.10. The highest BCUT2D eigenvalue weighted by atomic mass is 32.2. The van der Waals surface area contributed by atoms with E-state index in [9.17, 15) is 28.1 Å². The number of rotatable bonds is 9. The van der Waals surface area contributed by atoms with Gasteiger partial charge < -0.3 is 15.0 Å². The van der Waals surface area contributed by atoms with Crippen LogP contribution in [0, 0.1) is 10.1 Å². The lowest BCUT2D eigenvalue weighted by molar-refractivity contribution is -0.385. The van der Waals surface area contributed by atoms with Gasteiger partial charge in [-0.15, -0.1) is 0 Å². The van der Waals surface area contributed by atoms with Crippen LogP contribution in [-0.2, 0) is 14.6 Å². The Labute approximate surface area is 198 Å². The summed E-state index contributed by atoms with van der Waals surface area (Å²) in [5.41, 5.74) is 0.00214. The van der Waals surface area contributed by atoms with Crippen LogP contribution in [0.4, 0.5) is 5.69 Å². The highest BCUT2D eigenvalue weighted by Gasteiger charge is 2.23. The summed E-state index contributed by atoms with van der Waals surface area (Å²) in [6.45, 7) is 3.16. The van der Waals surface area contributed by atoms with Crippen LogP contribution in [0.15, 0.2) is 47.4 Å². The van der Waals surface area contributed by atoms with Crippen molar-refractivity contribution >= 4 is 27.3 Å². The molecule has 0 bridgehead atoms. The Morgan fingerprint density at radius 1 is 1.18 bits per heavy atom. The molecule has 1 unspecified atom stereocenters. The third-order valence-electron chi connectivity index (χ3n) is 5.61. The van der Waals surface area contributed by atoms with E-state index in [0.29, 0.717) is 17.7 Å². The number of carbonyl (C=O) groups is 2. The predicted molar refractivity (Wildman–Crippen MR) is 124 cm³/mol. The fourth-order valence-corrected chi connectivity index (χ4v) is 4.45. The van der Waals surface area contributed by atoms with E-state index in [-0.39, 0.29) is 23.0 Å². The standard InChI is InChI=1S/C23H27N3O7S/c1-3-20(19-8-4-5-9-21(19)33-15-22(27)25-10-6-7-11-25)24-23(28)16-12-17(26(29)30)14-18(13-16)34(2,31)32/h4-5,8-9,12-14,20H,3,6-7,10-11,15H2,1-2H3,(H,24,28). The van der Waals surface area contributed by atoms with Gasteiger partial charge in [-0.2, -0.15) is 0 Å². The van der Waals surface area contributed by atoms with E-state index in [4.69, 9.17) is 4.74 Å². The topological polar surface area (TPSA) is 136 Å². The number of para-hydroxylation sites is 1. The monoisotopic (exact) mass is 489 g/mol. The molecule has 1 N–H and O–H groups in total. The maximum Gasteiger partial charge on any atom is 0.271 e. The van der Waals surface area contributed by atoms with Crippen molar-refractivity contribution in [2.45, 2.75) is 37.1 Å². The van der Waals surface area contributed by atoms with Crippen molar-refractivity contribution in [2.24, 2.45) is 0 Å².